The van der Waals surface area contributed by atoms with Gasteiger partial charge in [0.2, 0.25) is 5.91 Å². The Labute approximate surface area is 128 Å². The Balaban J connectivity index is 1.91. The van der Waals surface area contributed by atoms with Gasteiger partial charge in [-0.1, -0.05) is 13.3 Å². The van der Waals surface area contributed by atoms with Gasteiger partial charge in [-0.2, -0.15) is 5.26 Å². The lowest BCUT2D eigenvalue weighted by Gasteiger charge is -2.43. The van der Waals surface area contributed by atoms with Crippen molar-refractivity contribution >= 4 is 5.91 Å². The van der Waals surface area contributed by atoms with Crippen LogP contribution in [0.25, 0.3) is 0 Å². The molecule has 0 aromatic heterocycles. The zero-order valence-corrected chi connectivity index (χ0v) is 13.2. The standard InChI is InChI=1S/C16H28N4O/c1-2-4-16(5-8-18-9-6-16)15(21)20-13-11-19(12-14-20)10-3-7-17/h18H,2-6,8-14H2,1H3. The number of nitriles is 1. The maximum Gasteiger partial charge on any atom is 0.228 e. The van der Waals surface area contributed by atoms with Crippen LogP contribution in [0.2, 0.25) is 0 Å². The lowest BCUT2D eigenvalue weighted by Crippen LogP contribution is -2.55. The van der Waals surface area contributed by atoms with Crippen LogP contribution in [0.15, 0.2) is 0 Å². The Morgan fingerprint density at radius 2 is 1.90 bits per heavy atom. The fourth-order valence-electron chi connectivity index (χ4n) is 3.67. The van der Waals surface area contributed by atoms with Gasteiger partial charge in [0.05, 0.1) is 11.5 Å². The zero-order valence-electron chi connectivity index (χ0n) is 13.2. The Morgan fingerprint density at radius 1 is 1.24 bits per heavy atom. The Bertz CT molecular complexity index is 371. The Morgan fingerprint density at radius 3 is 2.48 bits per heavy atom. The summed E-state index contributed by atoms with van der Waals surface area (Å²) >= 11 is 0. The number of piperidine rings is 1. The number of carbonyl (C=O) groups excluding carboxylic acids is 1. The zero-order chi connectivity index (χ0) is 15.1. The maximum absolute atomic E-state index is 13.0. The molecule has 21 heavy (non-hydrogen) atoms. The molecule has 0 atom stereocenters. The molecule has 0 aliphatic carbocycles. The molecule has 0 aromatic rings. The first-order chi connectivity index (χ1) is 10.2. The van der Waals surface area contributed by atoms with Crippen molar-refractivity contribution in [3.8, 4) is 6.07 Å². The second kappa shape index (κ2) is 7.77. The Hall–Kier alpha value is -1.12. The number of hydrogen-bond acceptors (Lipinski definition) is 4. The normalized spacial score (nSPS) is 22.8. The summed E-state index contributed by atoms with van der Waals surface area (Å²) in [5.41, 5.74) is -0.116. The van der Waals surface area contributed by atoms with Gasteiger partial charge in [0.25, 0.3) is 0 Å². The van der Waals surface area contributed by atoms with Gasteiger partial charge >= 0.3 is 0 Å². The highest BCUT2D eigenvalue weighted by Crippen LogP contribution is 2.36. The van der Waals surface area contributed by atoms with E-state index in [2.05, 4.69) is 28.1 Å². The van der Waals surface area contributed by atoms with E-state index in [4.69, 9.17) is 5.26 Å². The predicted octanol–water partition coefficient (Wildman–Crippen LogP) is 1.21. The van der Waals surface area contributed by atoms with Crippen molar-refractivity contribution in [2.75, 3.05) is 45.8 Å². The van der Waals surface area contributed by atoms with Crippen molar-refractivity contribution in [3.63, 3.8) is 0 Å². The molecule has 2 aliphatic rings. The summed E-state index contributed by atoms with van der Waals surface area (Å²) in [6.07, 6.45) is 4.64. The quantitative estimate of drug-likeness (QED) is 0.827. The molecule has 0 saturated carbocycles. The summed E-state index contributed by atoms with van der Waals surface area (Å²) in [7, 11) is 0. The van der Waals surface area contributed by atoms with E-state index in [1.165, 1.54) is 0 Å². The molecular formula is C16H28N4O. The van der Waals surface area contributed by atoms with Crippen LogP contribution in [-0.2, 0) is 4.79 Å². The van der Waals surface area contributed by atoms with E-state index in [1.54, 1.807) is 0 Å². The number of carbonyl (C=O) groups is 1. The molecule has 5 nitrogen and oxygen atoms in total. The van der Waals surface area contributed by atoms with Gasteiger partial charge in [0.15, 0.2) is 0 Å². The number of amides is 1. The first-order valence-corrected chi connectivity index (χ1v) is 8.31. The predicted molar refractivity (Wildman–Crippen MR) is 82.7 cm³/mol. The van der Waals surface area contributed by atoms with Gasteiger partial charge in [-0.25, -0.2) is 0 Å². The van der Waals surface area contributed by atoms with Crippen molar-refractivity contribution in [3.05, 3.63) is 0 Å². The van der Waals surface area contributed by atoms with Crippen molar-refractivity contribution in [2.45, 2.75) is 39.0 Å². The second-order valence-electron chi connectivity index (χ2n) is 6.32. The molecule has 118 valence electrons. The van der Waals surface area contributed by atoms with Crippen LogP contribution >= 0.6 is 0 Å². The third-order valence-electron chi connectivity index (χ3n) is 4.94. The smallest absolute Gasteiger partial charge is 0.228 e. The van der Waals surface area contributed by atoms with E-state index in [-0.39, 0.29) is 5.41 Å². The van der Waals surface area contributed by atoms with E-state index >= 15 is 0 Å². The molecule has 2 rings (SSSR count). The molecule has 1 N–H and O–H groups in total. The first kappa shape index (κ1) is 16.3. The van der Waals surface area contributed by atoms with Crippen LogP contribution in [0, 0.1) is 16.7 Å². The minimum atomic E-state index is -0.116. The molecule has 2 fully saturated rings. The monoisotopic (exact) mass is 292 g/mol. The van der Waals surface area contributed by atoms with Gasteiger partial charge < -0.3 is 10.2 Å². The second-order valence-corrected chi connectivity index (χ2v) is 6.32. The van der Waals surface area contributed by atoms with Gasteiger partial charge in [-0.15, -0.1) is 0 Å². The summed E-state index contributed by atoms with van der Waals surface area (Å²) < 4.78 is 0. The maximum atomic E-state index is 13.0. The van der Waals surface area contributed by atoms with Crippen LogP contribution in [0.3, 0.4) is 0 Å². The molecular weight excluding hydrogens is 264 g/mol. The molecule has 0 bridgehead atoms. The molecule has 0 unspecified atom stereocenters. The van der Waals surface area contributed by atoms with Gasteiger partial charge in [-0.05, 0) is 32.4 Å². The number of nitrogens with one attached hydrogen (secondary N) is 1. The van der Waals surface area contributed by atoms with E-state index in [0.717, 1.165) is 71.5 Å². The van der Waals surface area contributed by atoms with Crippen LogP contribution in [0.5, 0.6) is 0 Å². The highest BCUT2D eigenvalue weighted by Gasteiger charge is 2.41. The molecule has 2 aliphatic heterocycles. The molecule has 1 amide bonds. The highest BCUT2D eigenvalue weighted by molar-refractivity contribution is 5.83. The summed E-state index contributed by atoms with van der Waals surface area (Å²) in [6.45, 7) is 8.41. The van der Waals surface area contributed by atoms with E-state index in [1.807, 2.05) is 0 Å². The molecule has 0 aromatic carbocycles. The van der Waals surface area contributed by atoms with Gasteiger partial charge in [0, 0.05) is 39.1 Å². The lowest BCUT2D eigenvalue weighted by molar-refractivity contribution is -0.146. The van der Waals surface area contributed by atoms with E-state index < -0.39 is 0 Å². The van der Waals surface area contributed by atoms with Crippen molar-refractivity contribution in [1.29, 1.82) is 5.26 Å². The van der Waals surface area contributed by atoms with Crippen molar-refractivity contribution < 1.29 is 4.79 Å². The minimum Gasteiger partial charge on any atom is -0.340 e. The van der Waals surface area contributed by atoms with E-state index in [9.17, 15) is 4.79 Å². The largest absolute Gasteiger partial charge is 0.340 e. The summed E-state index contributed by atoms with van der Waals surface area (Å²) in [6, 6.07) is 2.19. The van der Waals surface area contributed by atoms with Crippen LogP contribution in [0.4, 0.5) is 0 Å². The molecule has 5 heteroatoms. The summed E-state index contributed by atoms with van der Waals surface area (Å²) in [4.78, 5) is 17.4. The van der Waals surface area contributed by atoms with Gasteiger partial charge in [-0.3, -0.25) is 9.69 Å². The summed E-state index contributed by atoms with van der Waals surface area (Å²) in [5, 5.41) is 12.0. The third kappa shape index (κ3) is 3.96. The lowest BCUT2D eigenvalue weighted by atomic mass is 9.74. The average Bonchev–Trinajstić information content (AvgIpc) is 2.54. The molecule has 0 radical (unpaired) electrons. The molecule has 0 spiro atoms. The SMILES string of the molecule is CCCC1(C(=O)N2CCN(CCC#N)CC2)CCNCC1. The van der Waals surface area contributed by atoms with Crippen molar-refractivity contribution in [2.24, 2.45) is 5.41 Å². The minimum absolute atomic E-state index is 0.116. The third-order valence-corrected chi connectivity index (χ3v) is 4.94. The van der Waals surface area contributed by atoms with E-state index in [0.29, 0.717) is 12.3 Å². The van der Waals surface area contributed by atoms with Crippen LogP contribution in [-0.4, -0.2) is 61.5 Å². The highest BCUT2D eigenvalue weighted by atomic mass is 16.2. The fraction of sp³-hybridized carbons (Fsp3) is 0.875. The number of piperazine rings is 1. The average molecular weight is 292 g/mol. The number of hydrogen-bond donors (Lipinski definition) is 1. The fourth-order valence-corrected chi connectivity index (χ4v) is 3.67. The number of rotatable bonds is 5. The van der Waals surface area contributed by atoms with Crippen LogP contribution < -0.4 is 5.32 Å². The van der Waals surface area contributed by atoms with Crippen LogP contribution in [0.1, 0.15) is 39.0 Å². The van der Waals surface area contributed by atoms with Gasteiger partial charge in [0.1, 0.15) is 0 Å². The summed E-state index contributed by atoms with van der Waals surface area (Å²) in [5.74, 6) is 0.380. The molecule has 2 heterocycles. The topological polar surface area (TPSA) is 59.4 Å². The van der Waals surface area contributed by atoms with Crippen molar-refractivity contribution in [1.82, 2.24) is 15.1 Å². The first-order valence-electron chi connectivity index (χ1n) is 8.31. The molecule has 2 saturated heterocycles. The number of nitrogens with zero attached hydrogens (tertiary/aromatic N) is 3. The Kier molecular flexibility index (Phi) is 6.01.